The van der Waals surface area contributed by atoms with E-state index < -0.39 is 0 Å². The summed E-state index contributed by atoms with van der Waals surface area (Å²) in [5.41, 5.74) is 4.22. The number of rotatable bonds is 7. The number of carbonyl (C=O) groups is 1. The number of hydrogen-bond donors (Lipinski definition) is 0. The normalized spacial score (nSPS) is 10.8. The molecule has 0 amide bonds. The van der Waals surface area contributed by atoms with Crippen molar-refractivity contribution in [2.75, 3.05) is 20.8 Å². The van der Waals surface area contributed by atoms with Gasteiger partial charge < -0.3 is 18.8 Å². The number of fused-ring (bicyclic) bond motifs is 1. The van der Waals surface area contributed by atoms with Gasteiger partial charge in [0, 0.05) is 23.1 Å². The lowest BCUT2D eigenvalue weighted by Crippen LogP contribution is -2.09. The molecule has 0 radical (unpaired) electrons. The number of methoxy groups -OCH3 is 2. The minimum Gasteiger partial charge on any atom is -0.497 e. The average molecular weight is 367 g/mol. The monoisotopic (exact) mass is 367 g/mol. The molecule has 0 aliphatic carbocycles. The van der Waals surface area contributed by atoms with Crippen molar-refractivity contribution in [2.45, 2.75) is 26.8 Å². The molecule has 0 N–H and O–H groups in total. The predicted octanol–water partition coefficient (Wildman–Crippen LogP) is 4.12. The highest BCUT2D eigenvalue weighted by molar-refractivity contribution is 5.90. The van der Waals surface area contributed by atoms with Crippen molar-refractivity contribution in [2.24, 2.45) is 0 Å². The first-order valence-electron chi connectivity index (χ1n) is 9.01. The third-order valence-corrected chi connectivity index (χ3v) is 4.76. The van der Waals surface area contributed by atoms with Gasteiger partial charge in [0.2, 0.25) is 0 Å². The molecule has 3 aromatic rings. The van der Waals surface area contributed by atoms with Crippen molar-refractivity contribution < 1.29 is 19.0 Å². The Bertz CT molecular complexity index is 958. The van der Waals surface area contributed by atoms with E-state index in [1.165, 1.54) is 0 Å². The van der Waals surface area contributed by atoms with Gasteiger partial charge in [0.25, 0.3) is 0 Å². The van der Waals surface area contributed by atoms with Gasteiger partial charge in [0.15, 0.2) is 0 Å². The highest BCUT2D eigenvalue weighted by atomic mass is 16.5. The molecule has 0 bridgehead atoms. The first-order valence-corrected chi connectivity index (χ1v) is 9.01. The molecule has 0 unspecified atom stereocenters. The maximum atomic E-state index is 12.1. The minimum absolute atomic E-state index is 0.219. The second-order valence-electron chi connectivity index (χ2n) is 6.37. The molecule has 3 rings (SSSR count). The molecule has 0 saturated heterocycles. The van der Waals surface area contributed by atoms with Gasteiger partial charge in [-0.2, -0.15) is 0 Å². The molecule has 5 nitrogen and oxygen atoms in total. The molecule has 0 aliphatic heterocycles. The van der Waals surface area contributed by atoms with Crippen molar-refractivity contribution in [3.8, 4) is 11.5 Å². The van der Waals surface area contributed by atoms with E-state index in [1.54, 1.807) is 14.2 Å². The zero-order valence-electron chi connectivity index (χ0n) is 16.2. The Morgan fingerprint density at radius 2 is 1.78 bits per heavy atom. The van der Waals surface area contributed by atoms with Crippen LogP contribution < -0.4 is 9.47 Å². The zero-order chi connectivity index (χ0) is 19.4. The summed E-state index contributed by atoms with van der Waals surface area (Å²) in [7, 11) is 3.31. The fourth-order valence-electron chi connectivity index (χ4n) is 3.39. The number of carbonyl (C=O) groups excluding carboxylic acids is 1. The predicted molar refractivity (Wildman–Crippen MR) is 106 cm³/mol. The van der Waals surface area contributed by atoms with Crippen LogP contribution in [-0.4, -0.2) is 31.4 Å². The van der Waals surface area contributed by atoms with Crippen LogP contribution in [0.15, 0.2) is 42.5 Å². The lowest BCUT2D eigenvalue weighted by Gasteiger charge is -2.10. The largest absolute Gasteiger partial charge is 0.497 e. The van der Waals surface area contributed by atoms with Gasteiger partial charge in [-0.3, -0.25) is 4.79 Å². The van der Waals surface area contributed by atoms with Crippen LogP contribution in [0.1, 0.15) is 23.7 Å². The first kappa shape index (κ1) is 18.8. The fourth-order valence-corrected chi connectivity index (χ4v) is 3.39. The standard InChI is InChI=1S/C22H25NO4/c1-5-27-22(24)13-19-15(2)23(14-16-7-6-8-17(11-16)25-3)21-10-9-18(26-4)12-20(19)21/h6-12H,5,13-14H2,1-4H3. The van der Waals surface area contributed by atoms with Gasteiger partial charge >= 0.3 is 5.97 Å². The highest BCUT2D eigenvalue weighted by Crippen LogP contribution is 2.31. The average Bonchev–Trinajstić information content (AvgIpc) is 2.93. The molecule has 142 valence electrons. The lowest BCUT2D eigenvalue weighted by atomic mass is 10.1. The number of aromatic nitrogens is 1. The number of nitrogens with zero attached hydrogens (tertiary/aromatic N) is 1. The maximum Gasteiger partial charge on any atom is 0.310 e. The number of esters is 1. The number of hydrogen-bond acceptors (Lipinski definition) is 4. The Morgan fingerprint density at radius 1 is 1.04 bits per heavy atom. The summed E-state index contributed by atoms with van der Waals surface area (Å²) in [5.74, 6) is 1.38. The molecule has 1 aromatic heterocycles. The van der Waals surface area contributed by atoms with Crippen LogP contribution in [-0.2, 0) is 22.5 Å². The van der Waals surface area contributed by atoms with Gasteiger partial charge in [-0.1, -0.05) is 12.1 Å². The Kier molecular flexibility index (Phi) is 5.69. The molecule has 2 aromatic carbocycles. The van der Waals surface area contributed by atoms with Crippen molar-refractivity contribution in [3.05, 3.63) is 59.3 Å². The Morgan fingerprint density at radius 3 is 2.48 bits per heavy atom. The van der Waals surface area contributed by atoms with Crippen molar-refractivity contribution in [3.63, 3.8) is 0 Å². The molecule has 0 spiro atoms. The van der Waals surface area contributed by atoms with Crippen LogP contribution in [0.3, 0.4) is 0 Å². The molecular weight excluding hydrogens is 342 g/mol. The molecular formula is C22H25NO4. The second kappa shape index (κ2) is 8.16. The quantitative estimate of drug-likeness (QED) is 0.590. The van der Waals surface area contributed by atoms with Crippen LogP contribution >= 0.6 is 0 Å². The summed E-state index contributed by atoms with van der Waals surface area (Å²) in [5, 5.41) is 1.02. The molecule has 5 heteroatoms. The van der Waals surface area contributed by atoms with Gasteiger partial charge in [0.1, 0.15) is 11.5 Å². The second-order valence-corrected chi connectivity index (χ2v) is 6.37. The Labute approximate surface area is 159 Å². The molecule has 0 aliphatic rings. The highest BCUT2D eigenvalue weighted by Gasteiger charge is 2.18. The first-order chi connectivity index (χ1) is 13.1. The van der Waals surface area contributed by atoms with E-state index in [9.17, 15) is 4.79 Å². The van der Waals surface area contributed by atoms with E-state index in [2.05, 4.69) is 10.6 Å². The fraction of sp³-hybridized carbons (Fsp3) is 0.318. The van der Waals surface area contributed by atoms with Gasteiger partial charge in [-0.05, 0) is 55.3 Å². The lowest BCUT2D eigenvalue weighted by molar-refractivity contribution is -0.142. The number of ether oxygens (including phenoxy) is 3. The van der Waals surface area contributed by atoms with E-state index in [0.717, 1.165) is 39.2 Å². The molecule has 0 atom stereocenters. The van der Waals surface area contributed by atoms with Gasteiger partial charge in [-0.25, -0.2) is 0 Å². The van der Waals surface area contributed by atoms with Gasteiger partial charge in [0.05, 0.1) is 27.2 Å². The molecule has 0 fully saturated rings. The third-order valence-electron chi connectivity index (χ3n) is 4.76. The topological polar surface area (TPSA) is 49.7 Å². The SMILES string of the molecule is CCOC(=O)Cc1c(C)n(Cc2cccc(OC)c2)c2ccc(OC)cc12. The van der Waals surface area contributed by atoms with Crippen molar-refractivity contribution in [1.82, 2.24) is 4.57 Å². The van der Waals surface area contributed by atoms with Crippen molar-refractivity contribution in [1.29, 1.82) is 0 Å². The van der Waals surface area contributed by atoms with Crippen LogP contribution in [0.4, 0.5) is 0 Å². The van der Waals surface area contributed by atoms with E-state index in [-0.39, 0.29) is 12.4 Å². The van der Waals surface area contributed by atoms with Crippen LogP contribution in [0.5, 0.6) is 11.5 Å². The minimum atomic E-state index is -0.219. The molecule has 27 heavy (non-hydrogen) atoms. The van der Waals surface area contributed by atoms with Crippen LogP contribution in [0, 0.1) is 6.92 Å². The smallest absolute Gasteiger partial charge is 0.310 e. The zero-order valence-corrected chi connectivity index (χ0v) is 16.2. The summed E-state index contributed by atoms with van der Waals surface area (Å²) in [6, 6.07) is 14.0. The third kappa shape index (κ3) is 3.92. The van der Waals surface area contributed by atoms with E-state index in [0.29, 0.717) is 13.2 Å². The summed E-state index contributed by atoms with van der Waals surface area (Å²) in [6.07, 6.45) is 0.244. The van der Waals surface area contributed by atoms with Crippen LogP contribution in [0.25, 0.3) is 10.9 Å². The van der Waals surface area contributed by atoms with Crippen LogP contribution in [0.2, 0.25) is 0 Å². The van der Waals surface area contributed by atoms with E-state index in [1.807, 2.05) is 50.2 Å². The van der Waals surface area contributed by atoms with Crippen molar-refractivity contribution >= 4 is 16.9 Å². The summed E-state index contributed by atoms with van der Waals surface area (Å²) in [6.45, 7) is 4.93. The summed E-state index contributed by atoms with van der Waals surface area (Å²) in [4.78, 5) is 12.1. The van der Waals surface area contributed by atoms with Gasteiger partial charge in [-0.15, -0.1) is 0 Å². The number of benzene rings is 2. The Balaban J connectivity index is 2.08. The Hall–Kier alpha value is -2.95. The summed E-state index contributed by atoms with van der Waals surface area (Å²) < 4.78 is 18.1. The maximum absolute atomic E-state index is 12.1. The molecule has 1 heterocycles. The molecule has 0 saturated carbocycles. The van der Waals surface area contributed by atoms with E-state index in [4.69, 9.17) is 14.2 Å². The van der Waals surface area contributed by atoms with E-state index >= 15 is 0 Å². The summed E-state index contributed by atoms with van der Waals surface area (Å²) >= 11 is 0.